The lowest BCUT2D eigenvalue weighted by Gasteiger charge is -2.46. The zero-order chi connectivity index (χ0) is 22.5. The number of hydrogen-bond acceptors (Lipinski definition) is 4. The van der Waals surface area contributed by atoms with Gasteiger partial charge in [-0.15, -0.1) is 0 Å². The van der Waals surface area contributed by atoms with E-state index in [1.165, 1.54) is 0 Å². The van der Waals surface area contributed by atoms with E-state index in [-0.39, 0.29) is 11.2 Å². The molecule has 4 heteroatoms. The molecule has 0 bridgehead atoms. The van der Waals surface area contributed by atoms with Gasteiger partial charge in [0.25, 0.3) is 0 Å². The van der Waals surface area contributed by atoms with Crippen molar-refractivity contribution in [2.24, 2.45) is 5.41 Å². The Kier molecular flexibility index (Phi) is 4.77. The number of aromatic nitrogens is 2. The molecule has 1 aromatic carbocycles. The minimum absolute atomic E-state index is 0.0644. The van der Waals surface area contributed by atoms with Crippen LogP contribution < -0.4 is 5.32 Å². The quantitative estimate of drug-likeness (QED) is 0.544. The predicted octanol–water partition coefficient (Wildman–Crippen LogP) is 6.22. The van der Waals surface area contributed by atoms with E-state index < -0.39 is 5.41 Å². The summed E-state index contributed by atoms with van der Waals surface area (Å²) in [4.78, 5) is 22.7. The number of carbonyl (C=O) groups is 1. The Morgan fingerprint density at radius 2 is 1.78 bits per heavy atom. The summed E-state index contributed by atoms with van der Waals surface area (Å²) < 4.78 is 0. The highest BCUT2D eigenvalue weighted by Crippen LogP contribution is 2.54. The minimum Gasteiger partial charge on any atom is -0.343 e. The molecule has 1 aliphatic heterocycles. The Morgan fingerprint density at radius 3 is 2.56 bits per heavy atom. The fourth-order valence-corrected chi connectivity index (χ4v) is 5.61. The van der Waals surface area contributed by atoms with Gasteiger partial charge in [-0.2, -0.15) is 0 Å². The van der Waals surface area contributed by atoms with Crippen molar-refractivity contribution in [2.75, 3.05) is 5.32 Å². The van der Waals surface area contributed by atoms with Crippen molar-refractivity contribution >= 4 is 11.6 Å². The predicted molar refractivity (Wildman–Crippen MR) is 128 cm³/mol. The molecule has 2 aromatic heterocycles. The molecule has 162 valence electrons. The summed E-state index contributed by atoms with van der Waals surface area (Å²) in [6, 6.07) is 16.9. The molecule has 2 aliphatic rings. The van der Waals surface area contributed by atoms with Crippen molar-refractivity contribution < 1.29 is 4.79 Å². The molecular formula is C28H29N3O. The minimum atomic E-state index is -0.518. The van der Waals surface area contributed by atoms with Crippen molar-refractivity contribution in [1.82, 2.24) is 9.97 Å². The molecule has 3 aromatic rings. The average molecular weight is 424 g/mol. The number of ketones is 1. The number of hydrogen-bond donors (Lipinski definition) is 1. The Bertz CT molecular complexity index is 1260. The fraction of sp³-hybridized carbons (Fsp3) is 0.321. The van der Waals surface area contributed by atoms with Gasteiger partial charge in [0.15, 0.2) is 5.78 Å². The number of benzene rings is 1. The molecule has 0 radical (unpaired) electrons. The van der Waals surface area contributed by atoms with E-state index in [4.69, 9.17) is 0 Å². The van der Waals surface area contributed by atoms with Crippen molar-refractivity contribution in [2.45, 2.75) is 52.4 Å². The lowest BCUT2D eigenvalue weighted by molar-refractivity contribution is -0.118. The van der Waals surface area contributed by atoms with Crippen LogP contribution in [0.1, 0.15) is 56.9 Å². The molecule has 0 spiro atoms. The van der Waals surface area contributed by atoms with Crippen LogP contribution in [0.3, 0.4) is 0 Å². The van der Waals surface area contributed by atoms with E-state index in [1.807, 2.05) is 31.5 Å². The van der Waals surface area contributed by atoms with Gasteiger partial charge in [0.1, 0.15) is 5.82 Å². The van der Waals surface area contributed by atoms with Crippen LogP contribution in [0, 0.1) is 12.3 Å². The number of allylic oxidation sites excluding steroid dienone is 2. The molecule has 1 atom stereocenters. The van der Waals surface area contributed by atoms with Crippen molar-refractivity contribution in [1.29, 1.82) is 0 Å². The van der Waals surface area contributed by atoms with Crippen LogP contribution >= 0.6 is 0 Å². The molecule has 4 nitrogen and oxygen atoms in total. The van der Waals surface area contributed by atoms with Gasteiger partial charge in [-0.3, -0.25) is 9.78 Å². The number of rotatable bonds is 3. The smallest absolute Gasteiger partial charge is 0.162 e. The third-order valence-electron chi connectivity index (χ3n) is 6.95. The lowest BCUT2D eigenvalue weighted by atomic mass is 9.59. The van der Waals surface area contributed by atoms with Crippen molar-refractivity contribution in [3.05, 3.63) is 89.0 Å². The SMILES string of the molecule is CC[C@]1(c2cccc(-c3ccnc(C)c3)c2)C2=C(CC(C)(C)CC2=O)Nc2ncccc21. The Morgan fingerprint density at radius 1 is 0.969 bits per heavy atom. The Hall–Kier alpha value is -3.27. The van der Waals surface area contributed by atoms with Crippen LogP contribution in [0.15, 0.2) is 72.2 Å². The molecule has 5 rings (SSSR count). The number of fused-ring (bicyclic) bond motifs is 1. The Balaban J connectivity index is 1.78. The monoisotopic (exact) mass is 423 g/mol. The summed E-state index contributed by atoms with van der Waals surface area (Å²) in [7, 11) is 0. The first-order valence-electron chi connectivity index (χ1n) is 11.4. The summed E-state index contributed by atoms with van der Waals surface area (Å²) in [5.41, 5.74) is 6.85. The standard InChI is InChI=1S/C28H29N3O/c1-5-28(21-9-6-8-19(15-21)20-11-13-29-18(2)14-20)22-10-7-12-30-26(22)31-23-16-27(3,4)17-24(32)25(23)28/h6-15H,5,16-17H2,1-4H3,(H,30,31)/t28-/m1/s1. The maximum Gasteiger partial charge on any atom is 0.162 e. The van der Waals surface area contributed by atoms with Gasteiger partial charge in [0.05, 0.1) is 5.41 Å². The maximum atomic E-state index is 13.7. The second kappa shape index (κ2) is 7.40. The number of aryl methyl sites for hydroxylation is 1. The fourth-order valence-electron chi connectivity index (χ4n) is 5.61. The summed E-state index contributed by atoms with van der Waals surface area (Å²) in [6.45, 7) is 8.53. The molecular weight excluding hydrogens is 394 g/mol. The first kappa shape index (κ1) is 20.6. The maximum absolute atomic E-state index is 13.7. The molecule has 0 fully saturated rings. The van der Waals surface area contributed by atoms with E-state index in [2.05, 4.69) is 72.5 Å². The second-order valence-electron chi connectivity index (χ2n) is 9.84. The van der Waals surface area contributed by atoms with Gasteiger partial charge in [-0.05, 0) is 66.1 Å². The topological polar surface area (TPSA) is 54.9 Å². The van der Waals surface area contributed by atoms with E-state index in [1.54, 1.807) is 0 Å². The van der Waals surface area contributed by atoms with Crippen LogP contribution in [0.2, 0.25) is 0 Å². The summed E-state index contributed by atoms with van der Waals surface area (Å²) in [5, 5.41) is 3.54. The van der Waals surface area contributed by atoms with Gasteiger partial charge >= 0.3 is 0 Å². The summed E-state index contributed by atoms with van der Waals surface area (Å²) in [6.07, 6.45) is 5.87. The van der Waals surface area contributed by atoms with Gasteiger partial charge in [-0.25, -0.2) is 4.98 Å². The lowest BCUT2D eigenvalue weighted by Crippen LogP contribution is -2.43. The van der Waals surface area contributed by atoms with Crippen LogP contribution in [0.5, 0.6) is 0 Å². The molecule has 1 aliphatic carbocycles. The van der Waals surface area contributed by atoms with Crippen molar-refractivity contribution in [3.63, 3.8) is 0 Å². The molecule has 0 saturated heterocycles. The highest BCUT2D eigenvalue weighted by atomic mass is 16.1. The molecule has 0 amide bonds. The third kappa shape index (κ3) is 3.17. The van der Waals surface area contributed by atoms with E-state index in [0.29, 0.717) is 6.42 Å². The number of Topliss-reactive ketones (excluding diaryl/α,β-unsaturated/α-hetero) is 1. The summed E-state index contributed by atoms with van der Waals surface area (Å²) in [5.74, 6) is 1.11. The molecule has 0 saturated carbocycles. The van der Waals surface area contributed by atoms with Gasteiger partial charge < -0.3 is 5.32 Å². The first-order chi connectivity index (χ1) is 15.3. The van der Waals surface area contributed by atoms with E-state index in [9.17, 15) is 4.79 Å². The van der Waals surface area contributed by atoms with Gasteiger partial charge in [0, 0.05) is 41.3 Å². The number of carbonyl (C=O) groups excluding carboxylic acids is 1. The van der Waals surface area contributed by atoms with Crippen LogP contribution in [0.4, 0.5) is 5.82 Å². The largest absolute Gasteiger partial charge is 0.343 e. The zero-order valence-electron chi connectivity index (χ0n) is 19.2. The van der Waals surface area contributed by atoms with Gasteiger partial charge in [0.2, 0.25) is 0 Å². The van der Waals surface area contributed by atoms with Gasteiger partial charge in [-0.1, -0.05) is 45.0 Å². The first-order valence-corrected chi connectivity index (χ1v) is 11.4. The van der Waals surface area contributed by atoms with Crippen LogP contribution in [-0.2, 0) is 10.2 Å². The number of pyridine rings is 2. The molecule has 32 heavy (non-hydrogen) atoms. The van der Waals surface area contributed by atoms with E-state index in [0.717, 1.165) is 57.9 Å². The highest BCUT2D eigenvalue weighted by Gasteiger charge is 2.49. The van der Waals surface area contributed by atoms with E-state index >= 15 is 0 Å². The molecule has 1 N–H and O–H groups in total. The average Bonchev–Trinajstić information content (AvgIpc) is 2.77. The Labute approximate surface area is 189 Å². The second-order valence-corrected chi connectivity index (χ2v) is 9.84. The number of nitrogens with one attached hydrogen (secondary N) is 1. The zero-order valence-corrected chi connectivity index (χ0v) is 19.2. The molecule has 3 heterocycles. The highest BCUT2D eigenvalue weighted by molar-refractivity contribution is 6.03. The summed E-state index contributed by atoms with van der Waals surface area (Å²) >= 11 is 0. The van der Waals surface area contributed by atoms with Crippen LogP contribution in [0.25, 0.3) is 11.1 Å². The normalized spacial score (nSPS) is 21.6. The van der Waals surface area contributed by atoms with Crippen molar-refractivity contribution in [3.8, 4) is 11.1 Å². The third-order valence-corrected chi connectivity index (χ3v) is 6.95. The molecule has 0 unspecified atom stereocenters. The number of nitrogens with zero attached hydrogens (tertiary/aromatic N) is 2. The number of anilines is 1. The van der Waals surface area contributed by atoms with Crippen LogP contribution in [-0.4, -0.2) is 15.8 Å².